The van der Waals surface area contributed by atoms with Crippen LogP contribution in [0.3, 0.4) is 0 Å². The maximum atomic E-state index is 13.4. The van der Waals surface area contributed by atoms with E-state index in [0.29, 0.717) is 25.7 Å². The third-order valence-corrected chi connectivity index (χ3v) is 6.66. The normalized spacial score (nSPS) is 38.4. The molecule has 0 heterocycles. The summed E-state index contributed by atoms with van der Waals surface area (Å²) in [4.78, 5) is 24.0. The number of carbonyl (C=O) groups excluding carboxylic acids is 2. The standard InChI is InChI=1S/C15H20F2O8S/c1-8-3-13(11(18)24-7-23-2)5-9-10(14(9,4-8)6-13)25-12(19)15(16,17)26(20,21)22/h8-10H,3-7H2,1-2H3,(H,20,21,22). The number of fused-ring (bicyclic) bond motifs is 1. The van der Waals surface area contributed by atoms with Crippen molar-refractivity contribution in [3.8, 4) is 0 Å². The minimum absolute atomic E-state index is 0.0784. The lowest BCUT2D eigenvalue weighted by atomic mass is 9.67. The summed E-state index contributed by atoms with van der Waals surface area (Å²) in [6, 6.07) is 0. The Balaban J connectivity index is 1.74. The van der Waals surface area contributed by atoms with Crippen LogP contribution >= 0.6 is 0 Å². The van der Waals surface area contributed by atoms with Crippen LogP contribution in [0.5, 0.6) is 0 Å². The molecule has 11 heteroatoms. The van der Waals surface area contributed by atoms with Crippen molar-refractivity contribution < 1.29 is 45.6 Å². The van der Waals surface area contributed by atoms with Gasteiger partial charge in [0.2, 0.25) is 0 Å². The van der Waals surface area contributed by atoms with Crippen LogP contribution in [0.4, 0.5) is 8.78 Å². The predicted molar refractivity (Wildman–Crippen MR) is 80.3 cm³/mol. The molecule has 2 bridgehead atoms. The van der Waals surface area contributed by atoms with Gasteiger partial charge in [-0.2, -0.15) is 17.2 Å². The van der Waals surface area contributed by atoms with E-state index in [1.165, 1.54) is 7.11 Å². The maximum Gasteiger partial charge on any atom is 0.465 e. The third-order valence-electron chi connectivity index (χ3n) is 5.84. The Morgan fingerprint density at radius 1 is 1.27 bits per heavy atom. The van der Waals surface area contributed by atoms with Gasteiger partial charge in [0.1, 0.15) is 6.10 Å². The number of esters is 2. The van der Waals surface area contributed by atoms with E-state index >= 15 is 0 Å². The van der Waals surface area contributed by atoms with Gasteiger partial charge in [-0.25, -0.2) is 4.79 Å². The lowest BCUT2D eigenvalue weighted by Crippen LogP contribution is -2.43. The number of halogens is 2. The predicted octanol–water partition coefficient (Wildman–Crippen LogP) is 1.35. The Morgan fingerprint density at radius 2 is 1.92 bits per heavy atom. The minimum Gasteiger partial charge on any atom is -0.456 e. The van der Waals surface area contributed by atoms with Crippen LogP contribution in [-0.2, 0) is 33.9 Å². The van der Waals surface area contributed by atoms with Crippen molar-refractivity contribution in [2.75, 3.05) is 13.9 Å². The quantitative estimate of drug-likeness (QED) is 0.405. The van der Waals surface area contributed by atoms with E-state index in [9.17, 15) is 26.8 Å². The molecule has 26 heavy (non-hydrogen) atoms. The van der Waals surface area contributed by atoms with Crippen LogP contribution in [0.1, 0.15) is 32.6 Å². The molecule has 0 aromatic heterocycles. The summed E-state index contributed by atoms with van der Waals surface area (Å²) in [5.41, 5.74) is -1.40. The number of rotatable bonds is 6. The summed E-state index contributed by atoms with van der Waals surface area (Å²) in [7, 11) is -4.53. The van der Waals surface area contributed by atoms with Crippen molar-refractivity contribution in [1.29, 1.82) is 0 Å². The fourth-order valence-electron chi connectivity index (χ4n) is 5.08. The highest BCUT2D eigenvalue weighted by Crippen LogP contribution is 2.77. The summed E-state index contributed by atoms with van der Waals surface area (Å²) < 4.78 is 71.3. The van der Waals surface area contributed by atoms with Gasteiger partial charge in [-0.1, -0.05) is 6.92 Å². The second-order valence-corrected chi connectivity index (χ2v) is 9.13. The molecule has 0 saturated heterocycles. The molecule has 5 unspecified atom stereocenters. The van der Waals surface area contributed by atoms with Crippen LogP contribution in [0.25, 0.3) is 0 Å². The lowest BCUT2D eigenvalue weighted by Gasteiger charge is -2.38. The summed E-state index contributed by atoms with van der Waals surface area (Å²) >= 11 is 0. The zero-order valence-electron chi connectivity index (χ0n) is 14.2. The molecule has 1 spiro atoms. The molecular weight excluding hydrogens is 378 g/mol. The van der Waals surface area contributed by atoms with E-state index in [1.54, 1.807) is 0 Å². The first kappa shape index (κ1) is 19.4. The third kappa shape index (κ3) is 2.71. The monoisotopic (exact) mass is 398 g/mol. The number of hydrogen-bond donors (Lipinski definition) is 1. The second kappa shape index (κ2) is 5.83. The van der Waals surface area contributed by atoms with E-state index in [2.05, 4.69) is 0 Å². The Morgan fingerprint density at radius 3 is 2.50 bits per heavy atom. The van der Waals surface area contributed by atoms with Crippen LogP contribution < -0.4 is 0 Å². The largest absolute Gasteiger partial charge is 0.465 e. The Hall–Kier alpha value is -1.33. The van der Waals surface area contributed by atoms with Crippen LogP contribution in [0.2, 0.25) is 0 Å². The van der Waals surface area contributed by atoms with Gasteiger partial charge in [0.25, 0.3) is 0 Å². The topological polar surface area (TPSA) is 116 Å². The number of methoxy groups -OCH3 is 1. The molecular formula is C15H20F2O8S. The van der Waals surface area contributed by atoms with Gasteiger partial charge in [0.15, 0.2) is 6.79 Å². The molecule has 0 aliphatic heterocycles. The van der Waals surface area contributed by atoms with Crippen molar-refractivity contribution in [3.63, 3.8) is 0 Å². The molecule has 0 amide bonds. The zero-order chi connectivity index (χ0) is 19.5. The van der Waals surface area contributed by atoms with E-state index in [1.807, 2.05) is 6.92 Å². The van der Waals surface area contributed by atoms with Crippen LogP contribution in [0, 0.1) is 22.7 Å². The first-order chi connectivity index (χ1) is 11.9. The average molecular weight is 398 g/mol. The van der Waals surface area contributed by atoms with E-state index < -0.39 is 44.2 Å². The van der Waals surface area contributed by atoms with Crippen molar-refractivity contribution >= 4 is 22.1 Å². The molecule has 3 fully saturated rings. The maximum absolute atomic E-state index is 13.4. The molecule has 0 aromatic rings. The van der Waals surface area contributed by atoms with E-state index in [4.69, 9.17) is 18.8 Å². The fraction of sp³-hybridized carbons (Fsp3) is 0.867. The van der Waals surface area contributed by atoms with Gasteiger partial charge in [0, 0.05) is 18.4 Å². The van der Waals surface area contributed by atoms with Crippen molar-refractivity contribution in [3.05, 3.63) is 0 Å². The summed E-state index contributed by atoms with van der Waals surface area (Å²) in [6.07, 6.45) is 0.901. The first-order valence-corrected chi connectivity index (χ1v) is 9.56. The van der Waals surface area contributed by atoms with Crippen molar-refractivity contribution in [2.45, 2.75) is 44.0 Å². The smallest absolute Gasteiger partial charge is 0.456 e. The molecule has 5 atom stereocenters. The summed E-state index contributed by atoms with van der Waals surface area (Å²) in [6.45, 7) is 1.72. The molecule has 8 nitrogen and oxygen atoms in total. The molecule has 3 rings (SSSR count). The number of ether oxygens (including phenoxy) is 3. The molecule has 3 saturated carbocycles. The Kier molecular flexibility index (Phi) is 4.36. The number of alkyl halides is 2. The average Bonchev–Trinajstić information content (AvgIpc) is 2.94. The summed E-state index contributed by atoms with van der Waals surface area (Å²) in [5, 5.41) is -5.02. The highest BCUT2D eigenvalue weighted by Gasteiger charge is 2.79. The van der Waals surface area contributed by atoms with Gasteiger partial charge < -0.3 is 14.2 Å². The SMILES string of the molecule is COCOC(=O)C12CC(C)CC3(C1)C(C2)C3OC(=O)C(F)(F)S(=O)(=O)O. The van der Waals surface area contributed by atoms with Gasteiger partial charge in [0.05, 0.1) is 5.41 Å². The highest BCUT2D eigenvalue weighted by molar-refractivity contribution is 7.87. The van der Waals surface area contributed by atoms with E-state index in [0.717, 1.165) is 0 Å². The molecule has 0 aromatic carbocycles. The Bertz CT molecular complexity index is 738. The Labute approximate surface area is 148 Å². The minimum atomic E-state index is -5.91. The fourth-order valence-corrected chi connectivity index (χ4v) is 5.34. The van der Waals surface area contributed by atoms with Gasteiger partial charge in [-0.15, -0.1) is 0 Å². The van der Waals surface area contributed by atoms with Gasteiger partial charge in [-0.3, -0.25) is 9.35 Å². The lowest BCUT2D eigenvalue weighted by molar-refractivity contribution is -0.173. The zero-order valence-corrected chi connectivity index (χ0v) is 15.1. The molecule has 3 aliphatic carbocycles. The van der Waals surface area contributed by atoms with E-state index in [-0.39, 0.29) is 18.6 Å². The van der Waals surface area contributed by atoms with Gasteiger partial charge in [-0.05, 0) is 31.6 Å². The van der Waals surface area contributed by atoms with Crippen LogP contribution in [0.15, 0.2) is 0 Å². The van der Waals surface area contributed by atoms with Gasteiger partial charge >= 0.3 is 27.3 Å². The molecule has 3 aliphatic rings. The van der Waals surface area contributed by atoms with Crippen molar-refractivity contribution in [1.82, 2.24) is 0 Å². The molecule has 148 valence electrons. The van der Waals surface area contributed by atoms with Crippen LogP contribution in [-0.4, -0.2) is 50.2 Å². The summed E-state index contributed by atoms with van der Waals surface area (Å²) in [5.74, 6) is -2.95. The molecule has 0 radical (unpaired) electrons. The molecule has 1 N–H and O–H groups in total. The number of carbonyl (C=O) groups is 2. The first-order valence-electron chi connectivity index (χ1n) is 8.12. The number of hydrogen-bond acceptors (Lipinski definition) is 7. The van der Waals surface area contributed by atoms with Crippen molar-refractivity contribution in [2.24, 2.45) is 22.7 Å². The highest BCUT2D eigenvalue weighted by atomic mass is 32.2. The second-order valence-electron chi connectivity index (χ2n) is 7.67.